The van der Waals surface area contributed by atoms with Crippen molar-refractivity contribution in [3.8, 4) is 6.07 Å². The lowest BCUT2D eigenvalue weighted by Gasteiger charge is -2.08. The Labute approximate surface area is 111 Å². The Bertz CT molecular complexity index is 650. The van der Waals surface area contributed by atoms with Gasteiger partial charge in [0, 0.05) is 11.8 Å². The lowest BCUT2D eigenvalue weighted by atomic mass is 10.1. The maximum Gasteiger partial charge on any atom is 0.417 e. The van der Waals surface area contributed by atoms with Crippen LogP contribution in [0.5, 0.6) is 0 Å². The number of rotatable bonds is 2. The molecule has 0 bridgehead atoms. The minimum atomic E-state index is -4.42. The Morgan fingerprint density at radius 1 is 1.21 bits per heavy atom. The molecule has 96 valence electrons. The van der Waals surface area contributed by atoms with Crippen LogP contribution >= 0.6 is 11.3 Å². The highest BCUT2D eigenvalue weighted by Crippen LogP contribution is 2.32. The molecule has 0 unspecified atom stereocenters. The maximum absolute atomic E-state index is 12.7. The normalized spacial score (nSPS) is 11.7. The molecule has 0 radical (unpaired) electrons. The SMILES string of the molecule is N#Cc1ccsc1/N=C/c1ccccc1C(F)(F)F. The van der Waals surface area contributed by atoms with E-state index in [0.717, 1.165) is 12.3 Å². The molecule has 0 aliphatic carbocycles. The third kappa shape index (κ3) is 3.01. The number of aliphatic imine (C=N–C) groups is 1. The average molecular weight is 280 g/mol. The Balaban J connectivity index is 2.38. The average Bonchev–Trinajstić information content (AvgIpc) is 2.83. The number of hydrogen-bond acceptors (Lipinski definition) is 3. The minimum Gasteiger partial charge on any atom is -0.244 e. The molecule has 0 aliphatic heterocycles. The van der Waals surface area contributed by atoms with Crippen LogP contribution in [0.3, 0.4) is 0 Å². The summed E-state index contributed by atoms with van der Waals surface area (Å²) < 4.78 is 38.2. The molecule has 6 heteroatoms. The Morgan fingerprint density at radius 3 is 2.63 bits per heavy atom. The highest BCUT2D eigenvalue weighted by atomic mass is 32.1. The summed E-state index contributed by atoms with van der Waals surface area (Å²) in [5.41, 5.74) is -0.410. The van der Waals surface area contributed by atoms with Crippen LogP contribution in [0.15, 0.2) is 40.7 Å². The van der Waals surface area contributed by atoms with E-state index in [1.54, 1.807) is 11.4 Å². The van der Waals surface area contributed by atoms with Crippen LogP contribution in [0.2, 0.25) is 0 Å². The van der Waals surface area contributed by atoms with Gasteiger partial charge >= 0.3 is 6.18 Å². The van der Waals surface area contributed by atoms with E-state index in [1.807, 2.05) is 6.07 Å². The highest BCUT2D eigenvalue weighted by Gasteiger charge is 2.32. The van der Waals surface area contributed by atoms with Gasteiger partial charge in [0.1, 0.15) is 11.1 Å². The molecule has 1 aromatic heterocycles. The first-order chi connectivity index (χ1) is 9.02. The van der Waals surface area contributed by atoms with Gasteiger partial charge in [0.15, 0.2) is 0 Å². The number of thiophene rings is 1. The van der Waals surface area contributed by atoms with Gasteiger partial charge in [0.25, 0.3) is 0 Å². The molecular formula is C13H7F3N2S. The zero-order chi connectivity index (χ0) is 13.9. The van der Waals surface area contributed by atoms with E-state index >= 15 is 0 Å². The molecule has 1 aromatic carbocycles. The number of nitriles is 1. The fourth-order valence-corrected chi connectivity index (χ4v) is 2.17. The van der Waals surface area contributed by atoms with Crippen LogP contribution in [0.25, 0.3) is 0 Å². The van der Waals surface area contributed by atoms with Crippen molar-refractivity contribution in [1.82, 2.24) is 0 Å². The van der Waals surface area contributed by atoms with Crippen molar-refractivity contribution in [2.75, 3.05) is 0 Å². The maximum atomic E-state index is 12.7. The molecule has 0 aliphatic rings. The number of alkyl halides is 3. The lowest BCUT2D eigenvalue weighted by Crippen LogP contribution is -2.08. The van der Waals surface area contributed by atoms with Crippen molar-refractivity contribution in [2.45, 2.75) is 6.18 Å². The van der Waals surface area contributed by atoms with E-state index in [-0.39, 0.29) is 5.56 Å². The second kappa shape index (κ2) is 5.24. The summed E-state index contributed by atoms with van der Waals surface area (Å²) in [6.07, 6.45) is -3.29. The molecule has 0 N–H and O–H groups in total. The molecule has 0 spiro atoms. The molecule has 1 heterocycles. The molecule has 0 fully saturated rings. The van der Waals surface area contributed by atoms with Crippen molar-refractivity contribution in [3.05, 3.63) is 52.4 Å². The van der Waals surface area contributed by atoms with Crippen molar-refractivity contribution < 1.29 is 13.2 Å². The molecule has 2 nitrogen and oxygen atoms in total. The molecule has 0 atom stereocenters. The zero-order valence-electron chi connectivity index (χ0n) is 9.48. The standard InChI is InChI=1S/C13H7F3N2S/c14-13(15,16)11-4-2-1-3-10(11)8-18-12-9(7-17)5-6-19-12/h1-6,8H/b18-8+. The molecular weight excluding hydrogens is 273 g/mol. The van der Waals surface area contributed by atoms with Gasteiger partial charge in [-0.05, 0) is 17.5 Å². The van der Waals surface area contributed by atoms with Gasteiger partial charge in [0.05, 0.1) is 11.1 Å². The third-order valence-electron chi connectivity index (χ3n) is 2.35. The lowest BCUT2D eigenvalue weighted by molar-refractivity contribution is -0.137. The van der Waals surface area contributed by atoms with E-state index in [9.17, 15) is 13.2 Å². The smallest absolute Gasteiger partial charge is 0.244 e. The molecule has 0 saturated carbocycles. The van der Waals surface area contributed by atoms with Gasteiger partial charge in [-0.3, -0.25) is 0 Å². The topological polar surface area (TPSA) is 36.1 Å². The van der Waals surface area contributed by atoms with Crippen LogP contribution in [-0.4, -0.2) is 6.21 Å². The summed E-state index contributed by atoms with van der Waals surface area (Å²) >= 11 is 1.21. The van der Waals surface area contributed by atoms with E-state index in [2.05, 4.69) is 4.99 Å². The summed E-state index contributed by atoms with van der Waals surface area (Å²) in [6, 6.07) is 8.68. The Hall–Kier alpha value is -2.13. The van der Waals surface area contributed by atoms with Crippen molar-refractivity contribution in [1.29, 1.82) is 5.26 Å². The predicted octanol–water partition coefficient (Wildman–Crippen LogP) is 4.39. The zero-order valence-corrected chi connectivity index (χ0v) is 10.3. The molecule has 2 aromatic rings. The molecule has 2 rings (SSSR count). The van der Waals surface area contributed by atoms with Gasteiger partial charge in [-0.25, -0.2) is 4.99 Å². The summed E-state index contributed by atoms with van der Waals surface area (Å²) in [7, 11) is 0. The van der Waals surface area contributed by atoms with Gasteiger partial charge in [-0.15, -0.1) is 11.3 Å². The van der Waals surface area contributed by atoms with Crippen LogP contribution in [0.4, 0.5) is 18.2 Å². The summed E-state index contributed by atoms with van der Waals surface area (Å²) in [5.74, 6) is 0. The number of halogens is 3. The molecule has 0 amide bonds. The van der Waals surface area contributed by atoms with E-state index in [4.69, 9.17) is 5.26 Å². The second-order valence-electron chi connectivity index (χ2n) is 3.59. The van der Waals surface area contributed by atoms with Gasteiger partial charge < -0.3 is 0 Å². The number of benzene rings is 1. The summed E-state index contributed by atoms with van der Waals surface area (Å²) in [4.78, 5) is 3.95. The quantitative estimate of drug-likeness (QED) is 0.751. The summed E-state index contributed by atoms with van der Waals surface area (Å²) in [6.45, 7) is 0. The Morgan fingerprint density at radius 2 is 1.95 bits per heavy atom. The first-order valence-corrected chi connectivity index (χ1v) is 6.08. The fraction of sp³-hybridized carbons (Fsp3) is 0.0769. The minimum absolute atomic E-state index is 0.0210. The number of hydrogen-bond donors (Lipinski definition) is 0. The van der Waals surface area contributed by atoms with Gasteiger partial charge in [-0.2, -0.15) is 18.4 Å². The van der Waals surface area contributed by atoms with E-state index in [0.29, 0.717) is 10.6 Å². The molecule has 19 heavy (non-hydrogen) atoms. The third-order valence-corrected chi connectivity index (χ3v) is 3.17. The first-order valence-electron chi connectivity index (χ1n) is 5.20. The summed E-state index contributed by atoms with van der Waals surface area (Å²) in [5, 5.41) is 10.9. The largest absolute Gasteiger partial charge is 0.417 e. The molecule has 0 saturated heterocycles. The van der Waals surface area contributed by atoms with E-state index < -0.39 is 11.7 Å². The monoisotopic (exact) mass is 280 g/mol. The van der Waals surface area contributed by atoms with Crippen LogP contribution < -0.4 is 0 Å². The Kier molecular flexibility index (Phi) is 3.67. The predicted molar refractivity (Wildman–Crippen MR) is 67.7 cm³/mol. The van der Waals surface area contributed by atoms with E-state index in [1.165, 1.54) is 29.5 Å². The van der Waals surface area contributed by atoms with Gasteiger partial charge in [0.2, 0.25) is 0 Å². The van der Waals surface area contributed by atoms with Crippen LogP contribution in [-0.2, 0) is 6.18 Å². The van der Waals surface area contributed by atoms with Crippen molar-refractivity contribution >= 4 is 22.6 Å². The highest BCUT2D eigenvalue weighted by molar-refractivity contribution is 7.14. The fourth-order valence-electron chi connectivity index (χ4n) is 1.48. The number of nitrogens with zero attached hydrogens (tertiary/aromatic N) is 2. The van der Waals surface area contributed by atoms with Crippen molar-refractivity contribution in [2.24, 2.45) is 4.99 Å². The van der Waals surface area contributed by atoms with Crippen LogP contribution in [0.1, 0.15) is 16.7 Å². The second-order valence-corrected chi connectivity index (χ2v) is 4.49. The van der Waals surface area contributed by atoms with Gasteiger partial charge in [-0.1, -0.05) is 18.2 Å². The first kappa shape index (κ1) is 13.3. The van der Waals surface area contributed by atoms with Crippen LogP contribution in [0, 0.1) is 11.3 Å². The van der Waals surface area contributed by atoms with Crippen molar-refractivity contribution in [3.63, 3.8) is 0 Å².